The van der Waals surface area contributed by atoms with Crippen molar-refractivity contribution in [3.63, 3.8) is 0 Å². The molecule has 0 spiro atoms. The third kappa shape index (κ3) is 2.52. The van der Waals surface area contributed by atoms with Crippen LogP contribution in [0.4, 0.5) is 0 Å². The van der Waals surface area contributed by atoms with Gasteiger partial charge in [-0.3, -0.25) is 0 Å². The molecular formula is C17H29N3. The molecule has 0 radical (unpaired) electrons. The number of nitrogens with zero attached hydrogens (tertiary/aromatic N) is 2. The fourth-order valence-electron chi connectivity index (χ4n) is 3.88. The number of hydrogen-bond donors (Lipinski definition) is 1. The second-order valence-corrected chi connectivity index (χ2v) is 8.11. The van der Waals surface area contributed by atoms with Crippen LogP contribution in [-0.2, 0) is 24.9 Å². The van der Waals surface area contributed by atoms with Gasteiger partial charge < -0.3 is 9.88 Å². The van der Waals surface area contributed by atoms with Gasteiger partial charge in [0, 0.05) is 37.2 Å². The van der Waals surface area contributed by atoms with Crippen LogP contribution in [0.15, 0.2) is 0 Å². The van der Waals surface area contributed by atoms with Gasteiger partial charge in [0.05, 0.1) is 5.69 Å². The maximum atomic E-state index is 5.00. The summed E-state index contributed by atoms with van der Waals surface area (Å²) in [4.78, 5) is 5.00. The molecule has 1 aliphatic heterocycles. The average Bonchev–Trinajstić information content (AvgIpc) is 2.94. The smallest absolute Gasteiger partial charge is 0.114 e. The summed E-state index contributed by atoms with van der Waals surface area (Å²) in [5.74, 6) is 1.29. The molecule has 2 aliphatic rings. The Morgan fingerprint density at radius 3 is 2.60 bits per heavy atom. The SMILES string of the molecule is CC1(Cn2c(C(C)(C)C)nc3c2CCNC3)CCCC1. The first-order valence-electron chi connectivity index (χ1n) is 8.19. The van der Waals surface area contributed by atoms with E-state index < -0.39 is 0 Å². The van der Waals surface area contributed by atoms with Crippen LogP contribution >= 0.6 is 0 Å². The predicted octanol–water partition coefficient (Wildman–Crippen LogP) is 3.41. The van der Waals surface area contributed by atoms with Crippen LogP contribution < -0.4 is 5.32 Å². The highest BCUT2D eigenvalue weighted by molar-refractivity contribution is 5.24. The Balaban J connectivity index is 2.00. The number of imidazole rings is 1. The lowest BCUT2D eigenvalue weighted by Crippen LogP contribution is -2.29. The van der Waals surface area contributed by atoms with Crippen molar-refractivity contribution in [3.8, 4) is 0 Å². The maximum absolute atomic E-state index is 5.00. The van der Waals surface area contributed by atoms with Gasteiger partial charge in [-0.25, -0.2) is 4.98 Å². The summed E-state index contributed by atoms with van der Waals surface area (Å²) in [6, 6.07) is 0. The van der Waals surface area contributed by atoms with Crippen LogP contribution in [-0.4, -0.2) is 16.1 Å². The summed E-state index contributed by atoms with van der Waals surface area (Å²) in [5, 5.41) is 3.46. The van der Waals surface area contributed by atoms with Gasteiger partial charge >= 0.3 is 0 Å². The fourth-order valence-corrected chi connectivity index (χ4v) is 3.88. The average molecular weight is 275 g/mol. The van der Waals surface area contributed by atoms with E-state index in [0.29, 0.717) is 5.41 Å². The summed E-state index contributed by atoms with van der Waals surface area (Å²) in [7, 11) is 0. The Bertz CT molecular complexity index is 487. The van der Waals surface area contributed by atoms with Crippen LogP contribution in [0.25, 0.3) is 0 Å². The molecule has 0 unspecified atom stereocenters. The molecule has 0 saturated heterocycles. The molecule has 1 aliphatic carbocycles. The van der Waals surface area contributed by atoms with Gasteiger partial charge in [-0.15, -0.1) is 0 Å². The molecule has 0 atom stereocenters. The first kappa shape index (κ1) is 14.1. The van der Waals surface area contributed by atoms with E-state index in [1.165, 1.54) is 49.4 Å². The highest BCUT2D eigenvalue weighted by atomic mass is 15.1. The van der Waals surface area contributed by atoms with Gasteiger partial charge in [0.2, 0.25) is 0 Å². The van der Waals surface area contributed by atoms with E-state index in [1.54, 1.807) is 0 Å². The molecule has 112 valence electrons. The van der Waals surface area contributed by atoms with Crippen molar-refractivity contribution < 1.29 is 0 Å². The van der Waals surface area contributed by atoms with Crippen LogP contribution in [0.5, 0.6) is 0 Å². The highest BCUT2D eigenvalue weighted by Gasteiger charge is 2.34. The van der Waals surface area contributed by atoms with Gasteiger partial charge in [-0.05, 0) is 18.3 Å². The van der Waals surface area contributed by atoms with Crippen molar-refractivity contribution in [3.05, 3.63) is 17.2 Å². The van der Waals surface area contributed by atoms with Crippen molar-refractivity contribution in [1.82, 2.24) is 14.9 Å². The van der Waals surface area contributed by atoms with Crippen molar-refractivity contribution in [2.24, 2.45) is 5.41 Å². The van der Waals surface area contributed by atoms with Gasteiger partial charge in [0.1, 0.15) is 5.82 Å². The van der Waals surface area contributed by atoms with Crippen molar-refractivity contribution >= 4 is 0 Å². The van der Waals surface area contributed by atoms with Crippen LogP contribution in [0, 0.1) is 5.41 Å². The number of aromatic nitrogens is 2. The third-order valence-corrected chi connectivity index (χ3v) is 5.01. The summed E-state index contributed by atoms with van der Waals surface area (Å²) in [5.41, 5.74) is 3.41. The van der Waals surface area contributed by atoms with E-state index in [9.17, 15) is 0 Å². The third-order valence-electron chi connectivity index (χ3n) is 5.01. The van der Waals surface area contributed by atoms with E-state index in [2.05, 4.69) is 37.6 Å². The Kier molecular flexibility index (Phi) is 3.44. The summed E-state index contributed by atoms with van der Waals surface area (Å²) in [6.45, 7) is 12.6. The normalized spacial score (nSPS) is 22.0. The molecule has 0 bridgehead atoms. The molecule has 3 rings (SSSR count). The first-order chi connectivity index (χ1) is 9.39. The molecule has 1 fully saturated rings. The molecule has 0 amide bonds. The van der Waals surface area contributed by atoms with Crippen LogP contribution in [0.3, 0.4) is 0 Å². The van der Waals surface area contributed by atoms with Crippen molar-refractivity contribution in [2.45, 2.75) is 78.3 Å². The highest BCUT2D eigenvalue weighted by Crippen LogP contribution is 2.40. The molecule has 3 heteroatoms. The molecule has 1 aromatic rings. The molecule has 2 heterocycles. The number of fused-ring (bicyclic) bond motifs is 1. The molecule has 0 aromatic carbocycles. The maximum Gasteiger partial charge on any atom is 0.114 e. The zero-order valence-electron chi connectivity index (χ0n) is 13.6. The second kappa shape index (κ2) is 4.87. The fraction of sp³-hybridized carbons (Fsp3) is 0.824. The lowest BCUT2D eigenvalue weighted by Gasteiger charge is -2.29. The lowest BCUT2D eigenvalue weighted by atomic mass is 9.87. The summed E-state index contributed by atoms with van der Waals surface area (Å²) >= 11 is 0. The minimum atomic E-state index is 0.131. The van der Waals surface area contributed by atoms with E-state index in [1.807, 2.05) is 0 Å². The van der Waals surface area contributed by atoms with E-state index in [-0.39, 0.29) is 5.41 Å². The van der Waals surface area contributed by atoms with Gasteiger partial charge in [0.25, 0.3) is 0 Å². The molecule has 1 N–H and O–H groups in total. The van der Waals surface area contributed by atoms with Crippen LogP contribution in [0.1, 0.15) is 70.6 Å². The molecule has 1 saturated carbocycles. The topological polar surface area (TPSA) is 29.9 Å². The lowest BCUT2D eigenvalue weighted by molar-refractivity contribution is 0.267. The minimum absolute atomic E-state index is 0.131. The Hall–Kier alpha value is -0.830. The monoisotopic (exact) mass is 275 g/mol. The zero-order valence-corrected chi connectivity index (χ0v) is 13.6. The molecule has 3 nitrogen and oxygen atoms in total. The minimum Gasteiger partial charge on any atom is -0.331 e. The predicted molar refractivity (Wildman–Crippen MR) is 82.9 cm³/mol. The summed E-state index contributed by atoms with van der Waals surface area (Å²) in [6.07, 6.45) is 6.69. The Labute approximate surface area is 123 Å². The number of rotatable bonds is 2. The van der Waals surface area contributed by atoms with Crippen molar-refractivity contribution in [2.75, 3.05) is 6.54 Å². The standard InChI is InChI=1S/C17H29N3/c1-16(2,3)15-19-13-11-18-10-7-14(13)20(15)12-17(4)8-5-6-9-17/h18H,5-12H2,1-4H3. The van der Waals surface area contributed by atoms with Gasteiger partial charge in [-0.2, -0.15) is 0 Å². The van der Waals surface area contributed by atoms with E-state index in [0.717, 1.165) is 19.5 Å². The number of hydrogen-bond acceptors (Lipinski definition) is 2. The first-order valence-corrected chi connectivity index (χ1v) is 8.19. The van der Waals surface area contributed by atoms with Crippen LogP contribution in [0.2, 0.25) is 0 Å². The van der Waals surface area contributed by atoms with E-state index >= 15 is 0 Å². The Morgan fingerprint density at radius 2 is 1.95 bits per heavy atom. The second-order valence-electron chi connectivity index (χ2n) is 8.11. The number of nitrogens with one attached hydrogen (secondary N) is 1. The summed E-state index contributed by atoms with van der Waals surface area (Å²) < 4.78 is 2.58. The largest absolute Gasteiger partial charge is 0.331 e. The zero-order chi connectivity index (χ0) is 14.4. The van der Waals surface area contributed by atoms with E-state index in [4.69, 9.17) is 4.98 Å². The Morgan fingerprint density at radius 1 is 1.25 bits per heavy atom. The van der Waals surface area contributed by atoms with Crippen molar-refractivity contribution in [1.29, 1.82) is 0 Å². The van der Waals surface area contributed by atoms with Gasteiger partial charge in [-0.1, -0.05) is 40.5 Å². The quantitative estimate of drug-likeness (QED) is 0.896. The van der Waals surface area contributed by atoms with Gasteiger partial charge in [0.15, 0.2) is 0 Å². The molecular weight excluding hydrogens is 246 g/mol. The molecule has 1 aromatic heterocycles. The molecule has 20 heavy (non-hydrogen) atoms.